The van der Waals surface area contributed by atoms with E-state index in [1.165, 1.54) is 24.7 Å². The summed E-state index contributed by atoms with van der Waals surface area (Å²) in [5.41, 5.74) is 0.466. The minimum atomic E-state index is -0.740. The smallest absolute Gasteiger partial charge is 0.360 e. The predicted octanol–water partition coefficient (Wildman–Crippen LogP) is 1.89. The first-order chi connectivity index (χ1) is 11.6. The van der Waals surface area contributed by atoms with Crippen molar-refractivity contribution in [3.8, 4) is 11.3 Å². The van der Waals surface area contributed by atoms with Crippen LogP contribution >= 0.6 is 0 Å². The van der Waals surface area contributed by atoms with Crippen molar-refractivity contribution in [2.75, 3.05) is 5.32 Å². The van der Waals surface area contributed by atoms with Gasteiger partial charge in [0.25, 0.3) is 5.91 Å². The van der Waals surface area contributed by atoms with Gasteiger partial charge in [-0.25, -0.2) is 9.78 Å². The van der Waals surface area contributed by atoms with E-state index >= 15 is 0 Å². The molecule has 0 spiro atoms. The van der Waals surface area contributed by atoms with E-state index in [1.54, 1.807) is 24.3 Å². The molecule has 4 rings (SSSR count). The van der Waals surface area contributed by atoms with Gasteiger partial charge in [-0.1, -0.05) is 24.3 Å². The number of nitrogens with one attached hydrogen (secondary N) is 1. The molecule has 0 atom stereocenters. The van der Waals surface area contributed by atoms with Gasteiger partial charge in [0.2, 0.25) is 0 Å². The van der Waals surface area contributed by atoms with Gasteiger partial charge in [-0.3, -0.25) is 14.6 Å². The minimum Gasteiger partial charge on any atom is -0.420 e. The Morgan fingerprint density at radius 2 is 1.83 bits per heavy atom. The van der Waals surface area contributed by atoms with Crippen molar-refractivity contribution in [3.63, 3.8) is 0 Å². The molecule has 7 heteroatoms. The molecular formula is C17H9N3O4. The Morgan fingerprint density at radius 3 is 2.58 bits per heavy atom. The van der Waals surface area contributed by atoms with Crippen molar-refractivity contribution in [3.05, 3.63) is 76.2 Å². The Balaban J connectivity index is 1.75. The van der Waals surface area contributed by atoms with E-state index in [2.05, 4.69) is 15.3 Å². The highest BCUT2D eigenvalue weighted by Gasteiger charge is 2.30. The topological polar surface area (TPSA) is 102 Å². The first-order valence-corrected chi connectivity index (χ1v) is 7.05. The van der Waals surface area contributed by atoms with E-state index in [9.17, 15) is 14.4 Å². The Hall–Kier alpha value is -3.61. The number of rotatable bonds is 2. The van der Waals surface area contributed by atoms with E-state index in [1.807, 2.05) is 0 Å². The predicted molar refractivity (Wildman–Crippen MR) is 83.8 cm³/mol. The van der Waals surface area contributed by atoms with Crippen LogP contribution in [0.1, 0.15) is 26.4 Å². The van der Waals surface area contributed by atoms with Gasteiger partial charge in [0.1, 0.15) is 17.1 Å². The lowest BCUT2D eigenvalue weighted by Crippen LogP contribution is -2.19. The number of hydrogen-bond donors (Lipinski definition) is 1. The summed E-state index contributed by atoms with van der Waals surface area (Å²) in [4.78, 5) is 44.3. The molecule has 0 saturated heterocycles. The molecule has 116 valence electrons. The molecule has 0 bridgehead atoms. The molecule has 3 aromatic rings. The maximum absolute atomic E-state index is 12.4. The van der Waals surface area contributed by atoms with Gasteiger partial charge in [0.05, 0.1) is 11.8 Å². The lowest BCUT2D eigenvalue weighted by atomic mass is 10.1. The molecule has 0 saturated carbocycles. The van der Waals surface area contributed by atoms with E-state index in [-0.39, 0.29) is 28.5 Å². The van der Waals surface area contributed by atoms with Crippen LogP contribution in [0.5, 0.6) is 0 Å². The summed E-state index contributed by atoms with van der Waals surface area (Å²) >= 11 is 0. The number of carbonyl (C=O) groups excluding carboxylic acids is 2. The second-order valence-electron chi connectivity index (χ2n) is 5.11. The van der Waals surface area contributed by atoms with E-state index in [0.717, 1.165) is 0 Å². The van der Waals surface area contributed by atoms with Gasteiger partial charge in [-0.05, 0) is 6.07 Å². The molecule has 1 N–H and O–H groups in total. The second-order valence-corrected chi connectivity index (χ2v) is 5.11. The summed E-state index contributed by atoms with van der Waals surface area (Å²) in [6.45, 7) is 0. The van der Waals surface area contributed by atoms with Crippen LogP contribution in [0.25, 0.3) is 11.3 Å². The summed E-state index contributed by atoms with van der Waals surface area (Å²) in [6, 6.07) is 8.19. The van der Waals surface area contributed by atoms with Crippen molar-refractivity contribution in [1.82, 2.24) is 9.97 Å². The van der Waals surface area contributed by atoms with Crippen molar-refractivity contribution < 1.29 is 14.0 Å². The van der Waals surface area contributed by atoms with Crippen molar-refractivity contribution in [2.24, 2.45) is 0 Å². The fourth-order valence-corrected chi connectivity index (χ4v) is 2.55. The summed E-state index contributed by atoms with van der Waals surface area (Å²) in [5, 5.41) is 2.40. The Kier molecular flexibility index (Phi) is 3.06. The first-order valence-electron chi connectivity index (χ1n) is 7.05. The molecular weight excluding hydrogens is 310 g/mol. The minimum absolute atomic E-state index is 0.0482. The number of nitrogens with zero attached hydrogens (tertiary/aromatic N) is 2. The van der Waals surface area contributed by atoms with Gasteiger partial charge in [0.15, 0.2) is 5.78 Å². The highest BCUT2D eigenvalue weighted by Crippen LogP contribution is 2.36. The molecule has 24 heavy (non-hydrogen) atoms. The van der Waals surface area contributed by atoms with Crippen molar-refractivity contribution >= 4 is 17.4 Å². The monoisotopic (exact) mass is 319 g/mol. The average molecular weight is 319 g/mol. The molecule has 1 aromatic carbocycles. The molecule has 0 fully saturated rings. The Morgan fingerprint density at radius 1 is 1.04 bits per heavy atom. The van der Waals surface area contributed by atoms with Gasteiger partial charge >= 0.3 is 5.63 Å². The summed E-state index contributed by atoms with van der Waals surface area (Å²) < 4.78 is 5.26. The van der Waals surface area contributed by atoms with Crippen LogP contribution in [-0.2, 0) is 0 Å². The maximum atomic E-state index is 12.4. The number of ketones is 1. The number of aromatic nitrogens is 2. The zero-order valence-electron chi connectivity index (χ0n) is 12.1. The van der Waals surface area contributed by atoms with Crippen LogP contribution < -0.4 is 10.9 Å². The molecule has 2 heterocycles. The highest BCUT2D eigenvalue weighted by atomic mass is 16.4. The Bertz CT molecular complexity index is 1040. The summed E-state index contributed by atoms with van der Waals surface area (Å²) in [5.74, 6) is -0.643. The quantitative estimate of drug-likeness (QED) is 0.605. The SMILES string of the molecule is O=C(Nc1cc2c(oc1=O)-c1ccccc1C2=O)c1cnccn1. The largest absolute Gasteiger partial charge is 0.420 e. The molecule has 1 aliphatic carbocycles. The van der Waals surface area contributed by atoms with Gasteiger partial charge in [-0.2, -0.15) is 0 Å². The number of carbonyl (C=O) groups is 2. The van der Waals surface area contributed by atoms with Gasteiger partial charge in [-0.15, -0.1) is 0 Å². The summed E-state index contributed by atoms with van der Waals surface area (Å²) in [6.07, 6.45) is 4.06. The number of amides is 1. The molecule has 0 aliphatic heterocycles. The van der Waals surface area contributed by atoms with Gasteiger partial charge < -0.3 is 9.73 Å². The fourth-order valence-electron chi connectivity index (χ4n) is 2.55. The van der Waals surface area contributed by atoms with Crippen LogP contribution in [0, 0.1) is 0 Å². The van der Waals surface area contributed by atoms with E-state index in [4.69, 9.17) is 4.42 Å². The van der Waals surface area contributed by atoms with E-state index < -0.39 is 11.5 Å². The standard InChI is InChI=1S/C17H9N3O4/c21-14-9-3-1-2-4-10(9)15-11(14)7-12(17(23)24-15)20-16(22)13-8-18-5-6-19-13/h1-8H,(H,20,22). The van der Waals surface area contributed by atoms with E-state index in [0.29, 0.717) is 11.1 Å². The third kappa shape index (κ3) is 2.11. The molecule has 0 unspecified atom stereocenters. The maximum Gasteiger partial charge on any atom is 0.360 e. The normalized spacial score (nSPS) is 11.8. The molecule has 1 amide bonds. The van der Waals surface area contributed by atoms with Crippen molar-refractivity contribution in [1.29, 1.82) is 0 Å². The van der Waals surface area contributed by atoms with Crippen LogP contribution in [-0.4, -0.2) is 21.7 Å². The first kappa shape index (κ1) is 14.0. The summed E-state index contributed by atoms with van der Waals surface area (Å²) in [7, 11) is 0. The highest BCUT2D eigenvalue weighted by molar-refractivity contribution is 6.21. The zero-order valence-corrected chi connectivity index (χ0v) is 12.1. The lowest BCUT2D eigenvalue weighted by molar-refractivity contribution is 0.101. The molecule has 2 aromatic heterocycles. The molecule has 0 radical (unpaired) electrons. The number of anilines is 1. The molecule has 7 nitrogen and oxygen atoms in total. The number of hydrogen-bond acceptors (Lipinski definition) is 6. The van der Waals surface area contributed by atoms with Crippen LogP contribution in [0.3, 0.4) is 0 Å². The molecule has 1 aliphatic rings. The fraction of sp³-hybridized carbons (Fsp3) is 0. The third-order valence-electron chi connectivity index (χ3n) is 3.65. The Labute approximate surface area is 135 Å². The van der Waals surface area contributed by atoms with Crippen LogP contribution in [0.4, 0.5) is 5.69 Å². The average Bonchev–Trinajstić information content (AvgIpc) is 2.89. The van der Waals surface area contributed by atoms with Crippen LogP contribution in [0.2, 0.25) is 0 Å². The van der Waals surface area contributed by atoms with Crippen molar-refractivity contribution in [2.45, 2.75) is 0 Å². The third-order valence-corrected chi connectivity index (χ3v) is 3.65. The zero-order chi connectivity index (χ0) is 16.7. The van der Waals surface area contributed by atoms with Gasteiger partial charge in [0, 0.05) is 23.5 Å². The lowest BCUT2D eigenvalue weighted by Gasteiger charge is -2.04. The van der Waals surface area contributed by atoms with Crippen LogP contribution in [0.15, 0.2) is 58.1 Å². The second kappa shape index (κ2) is 5.24. The number of fused-ring (bicyclic) bond motifs is 3. The number of benzene rings is 1.